The summed E-state index contributed by atoms with van der Waals surface area (Å²) in [6.07, 6.45) is 4.11. The number of rotatable bonds is 8. The fraction of sp³-hybridized carbons (Fsp3) is 0.391. The summed E-state index contributed by atoms with van der Waals surface area (Å²) in [6, 6.07) is 6.66. The molecule has 3 aromatic rings. The highest BCUT2D eigenvalue weighted by atomic mass is 32.2. The number of anilines is 1. The van der Waals surface area contributed by atoms with Gasteiger partial charge in [-0.15, -0.1) is 11.3 Å². The lowest BCUT2D eigenvalue weighted by atomic mass is 9.97. The summed E-state index contributed by atoms with van der Waals surface area (Å²) in [5.74, 6) is -0.805. The van der Waals surface area contributed by atoms with E-state index in [2.05, 4.69) is 5.32 Å². The van der Waals surface area contributed by atoms with Crippen molar-refractivity contribution in [2.24, 2.45) is 0 Å². The Morgan fingerprint density at radius 1 is 1.21 bits per heavy atom. The highest BCUT2D eigenvalue weighted by Gasteiger charge is 2.23. The Kier molecular flexibility index (Phi) is 7.46. The Labute approximate surface area is 199 Å². The van der Waals surface area contributed by atoms with Crippen LogP contribution >= 0.6 is 23.1 Å². The number of para-hydroxylation sites is 1. The summed E-state index contributed by atoms with van der Waals surface area (Å²) in [6.45, 7) is 0.726. The molecule has 0 spiro atoms. The van der Waals surface area contributed by atoms with Gasteiger partial charge in [0.2, 0.25) is 5.91 Å². The number of hydrogen-bond donors (Lipinski definition) is 1. The van der Waals surface area contributed by atoms with Crippen molar-refractivity contribution >= 4 is 50.9 Å². The molecule has 0 atom stereocenters. The molecule has 174 valence electrons. The van der Waals surface area contributed by atoms with Crippen LogP contribution in [-0.4, -0.2) is 48.0 Å². The number of benzene rings is 1. The van der Waals surface area contributed by atoms with Gasteiger partial charge < -0.3 is 14.8 Å². The number of carbonyl (C=O) groups is 2. The van der Waals surface area contributed by atoms with Gasteiger partial charge in [0, 0.05) is 12.0 Å². The third kappa shape index (κ3) is 4.97. The molecule has 33 heavy (non-hydrogen) atoms. The van der Waals surface area contributed by atoms with E-state index in [1.54, 1.807) is 47.3 Å². The molecule has 0 fully saturated rings. The number of methoxy groups -OCH3 is 2. The molecular weight excluding hydrogens is 462 g/mol. The third-order valence-corrected chi connectivity index (χ3v) is 7.66. The van der Waals surface area contributed by atoms with Crippen LogP contribution in [0, 0.1) is 0 Å². The van der Waals surface area contributed by atoms with E-state index in [-0.39, 0.29) is 22.8 Å². The number of nitrogens with zero attached hydrogens (tertiary/aromatic N) is 2. The van der Waals surface area contributed by atoms with Gasteiger partial charge in [-0.2, -0.15) is 0 Å². The Balaban J connectivity index is 1.59. The lowest BCUT2D eigenvalue weighted by molar-refractivity contribution is -0.113. The zero-order valence-corrected chi connectivity index (χ0v) is 20.1. The molecule has 0 bridgehead atoms. The molecule has 8 nitrogen and oxygen atoms in total. The Morgan fingerprint density at radius 2 is 2.00 bits per heavy atom. The monoisotopic (exact) mass is 487 g/mol. The number of esters is 1. The van der Waals surface area contributed by atoms with Crippen LogP contribution in [0.4, 0.5) is 5.69 Å². The minimum Gasteiger partial charge on any atom is -0.465 e. The second-order valence-corrected chi connectivity index (χ2v) is 9.64. The van der Waals surface area contributed by atoms with Gasteiger partial charge in [-0.3, -0.25) is 14.2 Å². The smallest absolute Gasteiger partial charge is 0.339 e. The van der Waals surface area contributed by atoms with Crippen molar-refractivity contribution in [1.29, 1.82) is 0 Å². The molecule has 2 aromatic heterocycles. The van der Waals surface area contributed by atoms with E-state index in [0.717, 1.165) is 36.1 Å². The van der Waals surface area contributed by atoms with Crippen molar-refractivity contribution in [3.63, 3.8) is 0 Å². The maximum Gasteiger partial charge on any atom is 0.339 e. The van der Waals surface area contributed by atoms with E-state index in [0.29, 0.717) is 29.4 Å². The van der Waals surface area contributed by atoms with Gasteiger partial charge in [0.1, 0.15) is 4.83 Å². The van der Waals surface area contributed by atoms with Crippen LogP contribution in [-0.2, 0) is 33.7 Å². The fourth-order valence-corrected chi connectivity index (χ4v) is 6.03. The number of amides is 1. The molecule has 2 heterocycles. The fourth-order valence-electron chi connectivity index (χ4n) is 3.91. The molecule has 0 saturated heterocycles. The average Bonchev–Trinajstić information content (AvgIpc) is 3.20. The quantitative estimate of drug-likeness (QED) is 0.295. The maximum absolute atomic E-state index is 13.4. The summed E-state index contributed by atoms with van der Waals surface area (Å²) in [5, 5.41) is 3.95. The first-order valence-corrected chi connectivity index (χ1v) is 12.5. The second kappa shape index (κ2) is 10.5. The first kappa shape index (κ1) is 23.5. The molecule has 0 aliphatic heterocycles. The normalized spacial score (nSPS) is 13.0. The summed E-state index contributed by atoms with van der Waals surface area (Å²) in [5.41, 5.74) is 1.72. The second-order valence-electron chi connectivity index (χ2n) is 7.61. The molecule has 0 radical (unpaired) electrons. The number of carbonyl (C=O) groups excluding carboxylic acids is 2. The van der Waals surface area contributed by atoms with Gasteiger partial charge in [0.05, 0.1) is 42.7 Å². The Morgan fingerprint density at radius 3 is 2.79 bits per heavy atom. The van der Waals surface area contributed by atoms with Crippen LogP contribution < -0.4 is 10.9 Å². The zero-order valence-electron chi connectivity index (χ0n) is 18.5. The summed E-state index contributed by atoms with van der Waals surface area (Å²) in [4.78, 5) is 44.7. The highest BCUT2D eigenvalue weighted by molar-refractivity contribution is 7.99. The number of thioether (sulfide) groups is 1. The van der Waals surface area contributed by atoms with Gasteiger partial charge in [-0.05, 0) is 43.4 Å². The molecule has 4 rings (SSSR count). The maximum atomic E-state index is 13.4. The van der Waals surface area contributed by atoms with Crippen molar-refractivity contribution in [2.45, 2.75) is 37.4 Å². The van der Waals surface area contributed by atoms with E-state index < -0.39 is 5.97 Å². The summed E-state index contributed by atoms with van der Waals surface area (Å²) < 4.78 is 11.6. The van der Waals surface area contributed by atoms with E-state index in [1.165, 1.54) is 23.7 Å². The summed E-state index contributed by atoms with van der Waals surface area (Å²) in [7, 11) is 2.88. The topological polar surface area (TPSA) is 99.5 Å². The number of nitrogens with one attached hydrogen (secondary N) is 1. The van der Waals surface area contributed by atoms with E-state index in [1.807, 2.05) is 0 Å². The molecule has 10 heteroatoms. The lowest BCUT2D eigenvalue weighted by Crippen LogP contribution is -2.26. The zero-order chi connectivity index (χ0) is 23.4. The largest absolute Gasteiger partial charge is 0.465 e. The van der Waals surface area contributed by atoms with Gasteiger partial charge in [0.25, 0.3) is 5.56 Å². The van der Waals surface area contributed by atoms with Crippen molar-refractivity contribution in [3.05, 3.63) is 50.6 Å². The van der Waals surface area contributed by atoms with Crippen LogP contribution in [0.3, 0.4) is 0 Å². The van der Waals surface area contributed by atoms with Crippen LogP contribution in [0.5, 0.6) is 0 Å². The highest BCUT2D eigenvalue weighted by Crippen LogP contribution is 2.34. The number of aromatic nitrogens is 2. The molecule has 1 aliphatic carbocycles. The standard InChI is InChI=1S/C23H25N3O5S2/c1-30-12-11-26-21(28)19-15-8-4-6-10-17(15)33-20(19)25-23(26)32-13-18(27)24-16-9-5-3-7-14(16)22(29)31-2/h3,5,7,9H,4,6,8,10-13H2,1-2H3,(H,24,27). The van der Waals surface area contributed by atoms with Crippen LogP contribution in [0.15, 0.2) is 34.2 Å². The van der Waals surface area contributed by atoms with Crippen molar-refractivity contribution in [3.8, 4) is 0 Å². The molecule has 1 amide bonds. The van der Waals surface area contributed by atoms with Gasteiger partial charge in [-0.25, -0.2) is 9.78 Å². The number of fused-ring (bicyclic) bond motifs is 3. The molecule has 0 unspecified atom stereocenters. The van der Waals surface area contributed by atoms with E-state index in [9.17, 15) is 14.4 Å². The predicted molar refractivity (Wildman–Crippen MR) is 130 cm³/mol. The average molecular weight is 488 g/mol. The molecule has 0 saturated carbocycles. The molecule has 1 aromatic carbocycles. The van der Waals surface area contributed by atoms with Crippen LogP contribution in [0.2, 0.25) is 0 Å². The lowest BCUT2D eigenvalue weighted by Gasteiger charge is -2.13. The van der Waals surface area contributed by atoms with Gasteiger partial charge >= 0.3 is 5.97 Å². The predicted octanol–water partition coefficient (Wildman–Crippen LogP) is 3.50. The molecular formula is C23H25N3O5S2. The van der Waals surface area contributed by atoms with Crippen LogP contribution in [0.25, 0.3) is 10.2 Å². The van der Waals surface area contributed by atoms with E-state index >= 15 is 0 Å². The number of aryl methyl sites for hydroxylation is 2. The van der Waals surface area contributed by atoms with Crippen molar-refractivity contribution in [1.82, 2.24) is 9.55 Å². The minimum absolute atomic E-state index is 0.0333. The Hall–Kier alpha value is -2.69. The number of ether oxygens (including phenoxy) is 2. The van der Waals surface area contributed by atoms with Gasteiger partial charge in [-0.1, -0.05) is 23.9 Å². The Bertz CT molecular complexity index is 1250. The van der Waals surface area contributed by atoms with Crippen molar-refractivity contribution < 1.29 is 19.1 Å². The minimum atomic E-state index is -0.527. The van der Waals surface area contributed by atoms with Gasteiger partial charge in [0.15, 0.2) is 5.16 Å². The molecule has 1 aliphatic rings. The van der Waals surface area contributed by atoms with E-state index in [4.69, 9.17) is 14.5 Å². The number of hydrogen-bond acceptors (Lipinski definition) is 8. The first-order chi connectivity index (χ1) is 16.0. The first-order valence-electron chi connectivity index (χ1n) is 10.7. The third-order valence-electron chi connectivity index (χ3n) is 5.50. The summed E-state index contributed by atoms with van der Waals surface area (Å²) >= 11 is 2.78. The SMILES string of the molecule is COCCn1c(SCC(=O)Nc2ccccc2C(=O)OC)nc2sc3c(c2c1=O)CCCC3. The van der Waals surface area contributed by atoms with Crippen LogP contribution in [0.1, 0.15) is 33.6 Å². The molecule has 1 N–H and O–H groups in total. The number of thiophene rings is 1. The van der Waals surface area contributed by atoms with Crippen molar-refractivity contribution in [2.75, 3.05) is 31.9 Å².